The van der Waals surface area contributed by atoms with Crippen LogP contribution in [0.2, 0.25) is 5.02 Å². The van der Waals surface area contributed by atoms with Crippen LogP contribution in [0.15, 0.2) is 18.2 Å². The standard InChI is InChI=1S/C15H21ClN2O2/c1-11-2-4-12(5-3-11)9-17-10-13-8-14(18(19)20)6-7-15(13)16/h6-8,11-12,17H,2-5,9-10H2,1H3. The zero-order chi connectivity index (χ0) is 14.5. The Morgan fingerprint density at radius 3 is 2.70 bits per heavy atom. The van der Waals surface area contributed by atoms with Crippen LogP contribution in [0.5, 0.6) is 0 Å². The Kier molecular flexibility index (Phi) is 5.38. The summed E-state index contributed by atoms with van der Waals surface area (Å²) in [6.45, 7) is 3.87. The first-order chi connectivity index (χ1) is 9.56. The summed E-state index contributed by atoms with van der Waals surface area (Å²) >= 11 is 6.08. The van der Waals surface area contributed by atoms with Crippen molar-refractivity contribution in [3.63, 3.8) is 0 Å². The Labute approximate surface area is 124 Å². The van der Waals surface area contributed by atoms with E-state index in [1.54, 1.807) is 12.1 Å². The molecule has 4 nitrogen and oxygen atoms in total. The van der Waals surface area contributed by atoms with Crippen LogP contribution in [-0.2, 0) is 6.54 Å². The third-order valence-corrected chi connectivity index (χ3v) is 4.49. The Hall–Kier alpha value is -1.13. The fourth-order valence-electron chi connectivity index (χ4n) is 2.75. The Balaban J connectivity index is 1.84. The lowest BCUT2D eigenvalue weighted by atomic mass is 9.83. The molecule has 110 valence electrons. The first-order valence-electron chi connectivity index (χ1n) is 7.20. The number of nitrogens with one attached hydrogen (secondary N) is 1. The number of nitrogens with zero attached hydrogens (tertiary/aromatic N) is 1. The first kappa shape index (κ1) is 15.3. The van der Waals surface area contributed by atoms with Crippen molar-refractivity contribution in [2.45, 2.75) is 39.2 Å². The van der Waals surface area contributed by atoms with E-state index in [4.69, 9.17) is 11.6 Å². The number of benzene rings is 1. The fourth-order valence-corrected chi connectivity index (χ4v) is 2.94. The number of nitro groups is 1. The summed E-state index contributed by atoms with van der Waals surface area (Å²) in [5, 5.41) is 14.7. The van der Waals surface area contributed by atoms with Gasteiger partial charge in [0.25, 0.3) is 5.69 Å². The van der Waals surface area contributed by atoms with Crippen molar-refractivity contribution in [3.8, 4) is 0 Å². The van der Waals surface area contributed by atoms with Gasteiger partial charge < -0.3 is 5.32 Å². The molecule has 0 unspecified atom stereocenters. The number of hydrogen-bond acceptors (Lipinski definition) is 3. The van der Waals surface area contributed by atoms with E-state index in [2.05, 4.69) is 12.2 Å². The maximum Gasteiger partial charge on any atom is 0.269 e. The zero-order valence-corrected chi connectivity index (χ0v) is 12.5. The number of non-ortho nitro benzene ring substituents is 1. The fraction of sp³-hybridized carbons (Fsp3) is 0.600. The summed E-state index contributed by atoms with van der Waals surface area (Å²) < 4.78 is 0. The molecule has 0 amide bonds. The van der Waals surface area contributed by atoms with E-state index in [-0.39, 0.29) is 10.6 Å². The van der Waals surface area contributed by atoms with Gasteiger partial charge in [-0.15, -0.1) is 0 Å². The van der Waals surface area contributed by atoms with Crippen LogP contribution in [0.4, 0.5) is 5.69 Å². The SMILES string of the molecule is CC1CCC(CNCc2cc([N+](=O)[O-])ccc2Cl)CC1. The number of hydrogen-bond donors (Lipinski definition) is 1. The van der Waals surface area contributed by atoms with Gasteiger partial charge in [-0.1, -0.05) is 31.4 Å². The molecule has 1 fully saturated rings. The van der Waals surface area contributed by atoms with Crippen molar-refractivity contribution in [3.05, 3.63) is 38.9 Å². The Morgan fingerprint density at radius 1 is 1.35 bits per heavy atom. The number of rotatable bonds is 5. The third kappa shape index (κ3) is 4.18. The molecule has 1 saturated carbocycles. The Bertz CT molecular complexity index is 471. The lowest BCUT2D eigenvalue weighted by Crippen LogP contribution is -2.25. The highest BCUT2D eigenvalue weighted by atomic mass is 35.5. The van der Waals surface area contributed by atoms with Crippen LogP contribution in [0, 0.1) is 22.0 Å². The van der Waals surface area contributed by atoms with Crippen LogP contribution < -0.4 is 5.32 Å². The van der Waals surface area contributed by atoms with E-state index in [9.17, 15) is 10.1 Å². The van der Waals surface area contributed by atoms with E-state index in [1.165, 1.54) is 31.7 Å². The minimum absolute atomic E-state index is 0.0951. The van der Waals surface area contributed by atoms with Crippen LogP contribution in [0.25, 0.3) is 0 Å². The highest BCUT2D eigenvalue weighted by molar-refractivity contribution is 6.31. The largest absolute Gasteiger partial charge is 0.312 e. The highest BCUT2D eigenvalue weighted by Gasteiger charge is 2.18. The van der Waals surface area contributed by atoms with Crippen LogP contribution in [0.1, 0.15) is 38.2 Å². The molecule has 1 aliphatic carbocycles. The monoisotopic (exact) mass is 296 g/mol. The average Bonchev–Trinajstić information content (AvgIpc) is 2.43. The van der Waals surface area contributed by atoms with Crippen molar-refractivity contribution < 1.29 is 4.92 Å². The van der Waals surface area contributed by atoms with Crippen LogP contribution >= 0.6 is 11.6 Å². The molecule has 0 heterocycles. The Morgan fingerprint density at radius 2 is 2.05 bits per heavy atom. The second-order valence-corrected chi connectivity index (χ2v) is 6.20. The van der Waals surface area contributed by atoms with E-state index in [0.717, 1.165) is 23.9 Å². The zero-order valence-electron chi connectivity index (χ0n) is 11.8. The molecule has 0 bridgehead atoms. The smallest absolute Gasteiger partial charge is 0.269 e. The maximum atomic E-state index is 10.8. The van der Waals surface area contributed by atoms with Crippen LogP contribution in [0.3, 0.4) is 0 Å². The molecule has 2 rings (SSSR count). The lowest BCUT2D eigenvalue weighted by Gasteiger charge is -2.26. The van der Waals surface area contributed by atoms with Gasteiger partial charge in [-0.05, 0) is 42.9 Å². The van der Waals surface area contributed by atoms with Crippen molar-refractivity contribution in [1.29, 1.82) is 0 Å². The molecule has 0 aliphatic heterocycles. The minimum atomic E-state index is -0.387. The normalized spacial score (nSPS) is 22.7. The van der Waals surface area contributed by atoms with Crippen molar-refractivity contribution in [2.75, 3.05) is 6.54 Å². The van der Waals surface area contributed by atoms with Gasteiger partial charge in [0.15, 0.2) is 0 Å². The molecule has 0 saturated heterocycles. The summed E-state index contributed by atoms with van der Waals surface area (Å²) in [4.78, 5) is 10.4. The van der Waals surface area contributed by atoms with Gasteiger partial charge in [-0.25, -0.2) is 0 Å². The van der Waals surface area contributed by atoms with Gasteiger partial charge in [0.2, 0.25) is 0 Å². The maximum absolute atomic E-state index is 10.8. The van der Waals surface area contributed by atoms with E-state index in [0.29, 0.717) is 11.6 Å². The van der Waals surface area contributed by atoms with Gasteiger partial charge in [-0.3, -0.25) is 10.1 Å². The van der Waals surface area contributed by atoms with Crippen molar-refractivity contribution in [2.24, 2.45) is 11.8 Å². The van der Waals surface area contributed by atoms with Gasteiger partial charge in [0.05, 0.1) is 4.92 Å². The molecule has 20 heavy (non-hydrogen) atoms. The molecule has 1 aromatic rings. The number of halogens is 1. The lowest BCUT2D eigenvalue weighted by molar-refractivity contribution is -0.384. The summed E-state index contributed by atoms with van der Waals surface area (Å²) in [5.74, 6) is 1.58. The molecular formula is C15H21ClN2O2. The van der Waals surface area contributed by atoms with Gasteiger partial charge in [0, 0.05) is 23.7 Å². The second-order valence-electron chi connectivity index (χ2n) is 5.79. The topological polar surface area (TPSA) is 55.2 Å². The minimum Gasteiger partial charge on any atom is -0.312 e. The molecular weight excluding hydrogens is 276 g/mol. The molecule has 0 atom stereocenters. The van der Waals surface area contributed by atoms with Gasteiger partial charge >= 0.3 is 0 Å². The predicted molar refractivity (Wildman–Crippen MR) is 80.9 cm³/mol. The number of nitro benzene ring substituents is 1. The van der Waals surface area contributed by atoms with E-state index in [1.807, 2.05) is 0 Å². The summed E-state index contributed by atoms with van der Waals surface area (Å²) in [6, 6.07) is 4.59. The van der Waals surface area contributed by atoms with Crippen molar-refractivity contribution >= 4 is 17.3 Å². The van der Waals surface area contributed by atoms with E-state index >= 15 is 0 Å². The molecule has 5 heteroatoms. The van der Waals surface area contributed by atoms with Gasteiger partial charge in [0.1, 0.15) is 0 Å². The summed E-state index contributed by atoms with van der Waals surface area (Å²) in [6.07, 6.45) is 5.17. The average molecular weight is 297 g/mol. The molecule has 0 spiro atoms. The quantitative estimate of drug-likeness (QED) is 0.655. The summed E-state index contributed by atoms with van der Waals surface area (Å²) in [5.41, 5.74) is 0.891. The predicted octanol–water partition coefficient (Wildman–Crippen LogP) is 4.16. The summed E-state index contributed by atoms with van der Waals surface area (Å²) in [7, 11) is 0. The second kappa shape index (κ2) is 7.04. The van der Waals surface area contributed by atoms with Gasteiger partial charge in [-0.2, -0.15) is 0 Å². The third-order valence-electron chi connectivity index (χ3n) is 4.12. The van der Waals surface area contributed by atoms with Crippen LogP contribution in [-0.4, -0.2) is 11.5 Å². The molecule has 0 aromatic heterocycles. The van der Waals surface area contributed by atoms with E-state index < -0.39 is 0 Å². The molecule has 0 radical (unpaired) electrons. The highest BCUT2D eigenvalue weighted by Crippen LogP contribution is 2.28. The molecule has 1 aromatic carbocycles. The molecule has 1 N–H and O–H groups in total. The molecule has 1 aliphatic rings. The van der Waals surface area contributed by atoms with Crippen molar-refractivity contribution in [1.82, 2.24) is 5.32 Å². The first-order valence-corrected chi connectivity index (χ1v) is 7.57.